The molecule has 0 aromatic carbocycles. The second kappa shape index (κ2) is 5.80. The number of hydrogen-bond donors (Lipinski definition) is 0. The Hall–Kier alpha value is -0.160. The van der Waals surface area contributed by atoms with Crippen LogP contribution in [0.25, 0.3) is 0 Å². The van der Waals surface area contributed by atoms with Gasteiger partial charge >= 0.3 is 0 Å². The highest BCUT2D eigenvalue weighted by atomic mass is 16.7. The fourth-order valence-electron chi connectivity index (χ4n) is 2.03. The zero-order valence-corrected chi connectivity index (χ0v) is 9.31. The molecule has 0 aromatic heterocycles. The van der Waals surface area contributed by atoms with E-state index in [9.17, 15) is 0 Å². The molecule has 0 amide bonds. The van der Waals surface area contributed by atoms with Crippen molar-refractivity contribution in [1.29, 1.82) is 0 Å². The lowest BCUT2D eigenvalue weighted by molar-refractivity contribution is -0.190. The highest BCUT2D eigenvalue weighted by molar-refractivity contribution is 4.68. The quantitative estimate of drug-likeness (QED) is 0.716. The van der Waals surface area contributed by atoms with Crippen molar-refractivity contribution in [3.8, 4) is 0 Å². The molecule has 0 saturated carbocycles. The van der Waals surface area contributed by atoms with E-state index in [1.165, 1.54) is 6.42 Å². The van der Waals surface area contributed by atoms with Crippen molar-refractivity contribution < 1.29 is 18.9 Å². The summed E-state index contributed by atoms with van der Waals surface area (Å²) in [7, 11) is 1.68. The molecule has 88 valence electrons. The largest absolute Gasteiger partial charge is 0.356 e. The van der Waals surface area contributed by atoms with Gasteiger partial charge in [0.1, 0.15) is 0 Å². The van der Waals surface area contributed by atoms with Crippen LogP contribution in [0.1, 0.15) is 32.1 Å². The van der Waals surface area contributed by atoms with Gasteiger partial charge in [-0.2, -0.15) is 0 Å². The first-order valence-electron chi connectivity index (χ1n) is 5.80. The third-order valence-electron chi connectivity index (χ3n) is 2.94. The third kappa shape index (κ3) is 3.41. The summed E-state index contributed by atoms with van der Waals surface area (Å²) in [4.78, 5) is 0. The molecule has 2 rings (SSSR count). The fourth-order valence-corrected chi connectivity index (χ4v) is 2.03. The van der Waals surface area contributed by atoms with Crippen molar-refractivity contribution in [3.05, 3.63) is 0 Å². The second-order valence-corrected chi connectivity index (χ2v) is 4.13. The van der Waals surface area contributed by atoms with Gasteiger partial charge in [0.25, 0.3) is 0 Å². The van der Waals surface area contributed by atoms with Crippen LogP contribution in [0, 0.1) is 0 Å². The van der Waals surface area contributed by atoms with Crippen LogP contribution in [0.3, 0.4) is 0 Å². The summed E-state index contributed by atoms with van der Waals surface area (Å²) in [5.74, 6) is 0. The number of ether oxygens (including phenoxy) is 4. The first kappa shape index (κ1) is 11.3. The van der Waals surface area contributed by atoms with Gasteiger partial charge in [0, 0.05) is 20.1 Å². The Kier molecular flexibility index (Phi) is 4.38. The third-order valence-corrected chi connectivity index (χ3v) is 2.94. The SMILES string of the molecule is COC1CCC(COC2CCCCO2)O1. The lowest BCUT2D eigenvalue weighted by Crippen LogP contribution is -2.27. The summed E-state index contributed by atoms with van der Waals surface area (Å²) >= 11 is 0. The lowest BCUT2D eigenvalue weighted by atomic mass is 10.2. The van der Waals surface area contributed by atoms with Crippen molar-refractivity contribution >= 4 is 0 Å². The minimum atomic E-state index is -0.0362. The Balaban J connectivity index is 1.61. The van der Waals surface area contributed by atoms with Gasteiger partial charge < -0.3 is 18.9 Å². The molecule has 0 aliphatic carbocycles. The molecule has 2 aliphatic heterocycles. The van der Waals surface area contributed by atoms with E-state index in [-0.39, 0.29) is 18.7 Å². The molecule has 2 saturated heterocycles. The zero-order valence-electron chi connectivity index (χ0n) is 9.31. The summed E-state index contributed by atoms with van der Waals surface area (Å²) in [5, 5.41) is 0. The lowest BCUT2D eigenvalue weighted by Gasteiger charge is -2.24. The van der Waals surface area contributed by atoms with Gasteiger partial charge in [-0.05, 0) is 25.7 Å². The molecule has 0 radical (unpaired) electrons. The molecule has 2 fully saturated rings. The summed E-state index contributed by atoms with van der Waals surface area (Å²) in [6.45, 7) is 1.46. The van der Waals surface area contributed by atoms with Crippen molar-refractivity contribution in [2.75, 3.05) is 20.3 Å². The number of rotatable bonds is 4. The van der Waals surface area contributed by atoms with E-state index in [0.29, 0.717) is 6.61 Å². The highest BCUT2D eigenvalue weighted by Crippen LogP contribution is 2.21. The minimum absolute atomic E-state index is 0.0102. The van der Waals surface area contributed by atoms with Crippen molar-refractivity contribution in [3.63, 3.8) is 0 Å². The van der Waals surface area contributed by atoms with Crippen molar-refractivity contribution in [2.45, 2.75) is 50.8 Å². The summed E-state index contributed by atoms with van der Waals surface area (Å²) in [6, 6.07) is 0. The van der Waals surface area contributed by atoms with E-state index in [4.69, 9.17) is 18.9 Å². The molecule has 4 nitrogen and oxygen atoms in total. The van der Waals surface area contributed by atoms with Crippen LogP contribution in [0.2, 0.25) is 0 Å². The molecule has 4 heteroatoms. The zero-order chi connectivity index (χ0) is 10.5. The molecule has 0 N–H and O–H groups in total. The topological polar surface area (TPSA) is 36.9 Å². The minimum Gasteiger partial charge on any atom is -0.356 e. The van der Waals surface area contributed by atoms with E-state index >= 15 is 0 Å². The van der Waals surface area contributed by atoms with E-state index < -0.39 is 0 Å². The Morgan fingerprint density at radius 3 is 2.73 bits per heavy atom. The summed E-state index contributed by atoms with van der Waals surface area (Å²) in [6.07, 6.45) is 5.50. The van der Waals surface area contributed by atoms with Crippen LogP contribution in [-0.4, -0.2) is 39.0 Å². The van der Waals surface area contributed by atoms with E-state index in [1.54, 1.807) is 7.11 Å². The molecule has 0 spiro atoms. The molecule has 2 aliphatic rings. The Labute approximate surface area is 90.8 Å². The fraction of sp³-hybridized carbons (Fsp3) is 1.00. The Morgan fingerprint density at radius 2 is 2.07 bits per heavy atom. The molecular weight excluding hydrogens is 196 g/mol. The molecular formula is C11H20O4. The van der Waals surface area contributed by atoms with Crippen LogP contribution in [-0.2, 0) is 18.9 Å². The maximum atomic E-state index is 5.66. The van der Waals surface area contributed by atoms with E-state index in [2.05, 4.69) is 0 Å². The first-order valence-corrected chi connectivity index (χ1v) is 5.80. The monoisotopic (exact) mass is 216 g/mol. The van der Waals surface area contributed by atoms with Crippen LogP contribution in [0.5, 0.6) is 0 Å². The molecule has 0 aromatic rings. The van der Waals surface area contributed by atoms with Gasteiger partial charge in [0.15, 0.2) is 12.6 Å². The van der Waals surface area contributed by atoms with Gasteiger partial charge in [0.2, 0.25) is 0 Å². The molecule has 3 unspecified atom stereocenters. The van der Waals surface area contributed by atoms with E-state index in [1.807, 2.05) is 0 Å². The molecule has 3 atom stereocenters. The summed E-state index contributed by atoms with van der Waals surface area (Å²) < 4.78 is 21.9. The molecule has 0 bridgehead atoms. The Bertz CT molecular complexity index is 179. The van der Waals surface area contributed by atoms with Gasteiger partial charge in [-0.25, -0.2) is 0 Å². The average Bonchev–Trinajstić information content (AvgIpc) is 2.76. The summed E-state index contributed by atoms with van der Waals surface area (Å²) in [5.41, 5.74) is 0. The van der Waals surface area contributed by atoms with Crippen LogP contribution in [0.4, 0.5) is 0 Å². The van der Waals surface area contributed by atoms with Crippen LogP contribution in [0.15, 0.2) is 0 Å². The number of methoxy groups -OCH3 is 1. The van der Waals surface area contributed by atoms with Gasteiger partial charge in [-0.1, -0.05) is 0 Å². The maximum absolute atomic E-state index is 5.66. The predicted molar refractivity (Wildman–Crippen MR) is 54.4 cm³/mol. The smallest absolute Gasteiger partial charge is 0.157 e. The van der Waals surface area contributed by atoms with Crippen molar-refractivity contribution in [1.82, 2.24) is 0 Å². The second-order valence-electron chi connectivity index (χ2n) is 4.13. The predicted octanol–water partition coefficient (Wildman–Crippen LogP) is 1.68. The number of hydrogen-bond acceptors (Lipinski definition) is 4. The van der Waals surface area contributed by atoms with E-state index in [0.717, 1.165) is 32.3 Å². The Morgan fingerprint density at radius 1 is 1.13 bits per heavy atom. The standard InChI is InChI=1S/C11H20O4/c1-12-10-6-5-9(15-10)8-14-11-4-2-3-7-13-11/h9-11H,2-8H2,1H3. The van der Waals surface area contributed by atoms with Crippen molar-refractivity contribution in [2.24, 2.45) is 0 Å². The van der Waals surface area contributed by atoms with Gasteiger partial charge in [0.05, 0.1) is 12.7 Å². The van der Waals surface area contributed by atoms with Crippen LogP contribution >= 0.6 is 0 Å². The highest BCUT2D eigenvalue weighted by Gasteiger charge is 2.26. The average molecular weight is 216 g/mol. The van der Waals surface area contributed by atoms with Crippen LogP contribution < -0.4 is 0 Å². The first-order chi connectivity index (χ1) is 7.38. The normalized spacial score (nSPS) is 37.0. The molecule has 2 heterocycles. The molecule has 15 heavy (non-hydrogen) atoms. The van der Waals surface area contributed by atoms with Gasteiger partial charge in [-0.15, -0.1) is 0 Å². The van der Waals surface area contributed by atoms with Gasteiger partial charge in [-0.3, -0.25) is 0 Å². The maximum Gasteiger partial charge on any atom is 0.157 e.